The van der Waals surface area contributed by atoms with Gasteiger partial charge in [0.15, 0.2) is 0 Å². The van der Waals surface area contributed by atoms with E-state index in [0.29, 0.717) is 25.5 Å². The lowest BCUT2D eigenvalue weighted by molar-refractivity contribution is -0.138. The fraction of sp³-hybridized carbons (Fsp3) is 0.364. The average molecular weight is 243 g/mol. The van der Waals surface area contributed by atoms with Crippen LogP contribution in [0.15, 0.2) is 6.07 Å². The normalized spacial score (nSPS) is 15.9. The van der Waals surface area contributed by atoms with Crippen molar-refractivity contribution in [3.8, 4) is 5.75 Å². The van der Waals surface area contributed by atoms with E-state index in [4.69, 9.17) is 15.6 Å². The van der Waals surface area contributed by atoms with Gasteiger partial charge in [-0.3, -0.25) is 4.79 Å². The number of carboxylic acid groups (broad SMARTS) is 1. The molecule has 3 N–H and O–H groups in total. The molecule has 0 bridgehead atoms. The molecule has 1 aromatic rings. The van der Waals surface area contributed by atoms with E-state index < -0.39 is 23.6 Å². The van der Waals surface area contributed by atoms with Crippen LogP contribution in [0.5, 0.6) is 5.75 Å². The Morgan fingerprint density at radius 1 is 1.47 bits per heavy atom. The van der Waals surface area contributed by atoms with E-state index >= 15 is 0 Å². The minimum absolute atomic E-state index is 0.0522. The number of hydrogen-bond acceptors (Lipinski definition) is 3. The van der Waals surface area contributed by atoms with Gasteiger partial charge < -0.3 is 15.6 Å². The summed E-state index contributed by atoms with van der Waals surface area (Å²) in [5.41, 5.74) is 5.29. The zero-order valence-corrected chi connectivity index (χ0v) is 8.87. The highest BCUT2D eigenvalue weighted by Crippen LogP contribution is 2.36. The first-order valence-electron chi connectivity index (χ1n) is 5.14. The number of fused-ring (bicyclic) bond motifs is 1. The second-order valence-electron chi connectivity index (χ2n) is 3.83. The van der Waals surface area contributed by atoms with Crippen LogP contribution in [0.1, 0.15) is 23.6 Å². The topological polar surface area (TPSA) is 72.6 Å². The first-order valence-corrected chi connectivity index (χ1v) is 5.14. The molecule has 1 aliphatic rings. The summed E-state index contributed by atoms with van der Waals surface area (Å²) in [5, 5.41) is 8.79. The number of halogens is 2. The Labute approximate surface area is 96.0 Å². The van der Waals surface area contributed by atoms with Crippen molar-refractivity contribution in [3.05, 3.63) is 28.8 Å². The molecule has 0 aromatic heterocycles. The lowest BCUT2D eigenvalue weighted by Gasteiger charge is -2.22. The SMILES string of the molecule is NC(C(=O)O)c1c(F)cc(F)c2c1OCCC2. The van der Waals surface area contributed by atoms with Gasteiger partial charge in [-0.1, -0.05) is 0 Å². The molecule has 17 heavy (non-hydrogen) atoms. The van der Waals surface area contributed by atoms with Crippen molar-refractivity contribution >= 4 is 5.97 Å². The van der Waals surface area contributed by atoms with E-state index in [1.165, 1.54) is 0 Å². The molecule has 1 aliphatic heterocycles. The average Bonchev–Trinajstić information content (AvgIpc) is 2.28. The van der Waals surface area contributed by atoms with Gasteiger partial charge in [0.1, 0.15) is 23.4 Å². The van der Waals surface area contributed by atoms with Crippen LogP contribution >= 0.6 is 0 Å². The molecule has 92 valence electrons. The van der Waals surface area contributed by atoms with Gasteiger partial charge in [0, 0.05) is 11.6 Å². The van der Waals surface area contributed by atoms with Gasteiger partial charge in [-0.05, 0) is 12.8 Å². The molecule has 0 amide bonds. The van der Waals surface area contributed by atoms with E-state index in [2.05, 4.69) is 0 Å². The molecule has 1 atom stereocenters. The van der Waals surface area contributed by atoms with E-state index in [0.717, 1.165) is 0 Å². The quantitative estimate of drug-likeness (QED) is 0.822. The Hall–Kier alpha value is -1.69. The van der Waals surface area contributed by atoms with E-state index in [1.54, 1.807) is 0 Å². The number of aliphatic carboxylic acids is 1. The summed E-state index contributed by atoms with van der Waals surface area (Å²) in [5.74, 6) is -3.15. The van der Waals surface area contributed by atoms with Crippen LogP contribution in [0.25, 0.3) is 0 Å². The van der Waals surface area contributed by atoms with Crippen LogP contribution in [-0.4, -0.2) is 17.7 Å². The smallest absolute Gasteiger partial charge is 0.325 e. The summed E-state index contributed by atoms with van der Waals surface area (Å²) in [7, 11) is 0. The summed E-state index contributed by atoms with van der Waals surface area (Å²) >= 11 is 0. The second kappa shape index (κ2) is 4.29. The highest BCUT2D eigenvalue weighted by molar-refractivity contribution is 5.77. The molecular formula is C11H11F2NO3. The summed E-state index contributed by atoms with van der Waals surface area (Å²) in [6.45, 7) is 0.301. The van der Waals surface area contributed by atoms with E-state index in [9.17, 15) is 13.6 Å². The Kier molecular flexibility index (Phi) is 2.97. The fourth-order valence-corrected chi connectivity index (χ4v) is 1.89. The van der Waals surface area contributed by atoms with Gasteiger partial charge in [-0.25, -0.2) is 8.78 Å². The first-order chi connectivity index (χ1) is 8.02. The van der Waals surface area contributed by atoms with Gasteiger partial charge in [-0.2, -0.15) is 0 Å². The van der Waals surface area contributed by atoms with Crippen LogP contribution < -0.4 is 10.5 Å². The number of rotatable bonds is 2. The number of benzene rings is 1. The number of hydrogen-bond donors (Lipinski definition) is 2. The van der Waals surface area contributed by atoms with Crippen LogP contribution in [-0.2, 0) is 11.2 Å². The minimum atomic E-state index is -1.55. The van der Waals surface area contributed by atoms with Gasteiger partial charge in [-0.15, -0.1) is 0 Å². The zero-order chi connectivity index (χ0) is 12.6. The Bertz CT molecular complexity index is 476. The highest BCUT2D eigenvalue weighted by atomic mass is 19.1. The number of carboxylic acids is 1. The molecule has 0 spiro atoms. The Morgan fingerprint density at radius 3 is 2.82 bits per heavy atom. The van der Waals surface area contributed by atoms with Crippen molar-refractivity contribution in [3.63, 3.8) is 0 Å². The third-order valence-corrected chi connectivity index (χ3v) is 2.71. The van der Waals surface area contributed by atoms with Crippen LogP contribution in [0.4, 0.5) is 8.78 Å². The van der Waals surface area contributed by atoms with Crippen molar-refractivity contribution in [2.75, 3.05) is 6.61 Å². The van der Waals surface area contributed by atoms with Crippen molar-refractivity contribution in [2.45, 2.75) is 18.9 Å². The molecule has 1 unspecified atom stereocenters. The Morgan fingerprint density at radius 2 is 2.18 bits per heavy atom. The number of ether oxygens (including phenoxy) is 1. The van der Waals surface area contributed by atoms with Crippen molar-refractivity contribution in [2.24, 2.45) is 5.73 Å². The molecule has 1 heterocycles. The van der Waals surface area contributed by atoms with Crippen LogP contribution in [0.2, 0.25) is 0 Å². The fourth-order valence-electron chi connectivity index (χ4n) is 1.89. The summed E-state index contributed by atoms with van der Waals surface area (Å²) in [6.07, 6.45) is 0.998. The standard InChI is InChI=1S/C11H11F2NO3/c12-6-4-7(13)8(9(14)11(15)16)10-5(6)2-1-3-17-10/h4,9H,1-3,14H2,(H,15,16). The lowest BCUT2D eigenvalue weighted by Crippen LogP contribution is -2.25. The molecule has 2 rings (SSSR count). The van der Waals surface area contributed by atoms with Crippen molar-refractivity contribution < 1.29 is 23.4 Å². The summed E-state index contributed by atoms with van der Waals surface area (Å²) in [4.78, 5) is 10.8. The van der Waals surface area contributed by atoms with Gasteiger partial charge in [0.05, 0.1) is 12.2 Å². The third-order valence-electron chi connectivity index (χ3n) is 2.71. The highest BCUT2D eigenvalue weighted by Gasteiger charge is 2.29. The number of nitrogens with two attached hydrogens (primary N) is 1. The van der Waals surface area contributed by atoms with Gasteiger partial charge in [0.25, 0.3) is 0 Å². The monoisotopic (exact) mass is 243 g/mol. The molecule has 0 saturated heterocycles. The van der Waals surface area contributed by atoms with Crippen molar-refractivity contribution in [1.82, 2.24) is 0 Å². The summed E-state index contributed by atoms with van der Waals surface area (Å²) in [6, 6.07) is -0.895. The molecule has 0 radical (unpaired) electrons. The van der Waals surface area contributed by atoms with Crippen LogP contribution in [0.3, 0.4) is 0 Å². The second-order valence-corrected chi connectivity index (χ2v) is 3.83. The zero-order valence-electron chi connectivity index (χ0n) is 8.87. The van der Waals surface area contributed by atoms with Gasteiger partial charge >= 0.3 is 5.97 Å². The van der Waals surface area contributed by atoms with Gasteiger partial charge in [0.2, 0.25) is 0 Å². The summed E-state index contributed by atoms with van der Waals surface area (Å²) < 4.78 is 32.2. The maximum Gasteiger partial charge on any atom is 0.325 e. The molecular weight excluding hydrogens is 232 g/mol. The predicted octanol–water partition coefficient (Wildman–Crippen LogP) is 1.37. The molecule has 0 saturated carbocycles. The third kappa shape index (κ3) is 1.95. The maximum absolute atomic E-state index is 13.6. The van der Waals surface area contributed by atoms with Crippen molar-refractivity contribution in [1.29, 1.82) is 0 Å². The largest absolute Gasteiger partial charge is 0.493 e. The van der Waals surface area contributed by atoms with E-state index in [1.807, 2.05) is 0 Å². The molecule has 0 fully saturated rings. The lowest BCUT2D eigenvalue weighted by atomic mass is 9.97. The molecule has 0 aliphatic carbocycles. The molecule has 1 aromatic carbocycles. The molecule has 4 nitrogen and oxygen atoms in total. The first kappa shape index (κ1) is 11.8. The number of carbonyl (C=O) groups is 1. The minimum Gasteiger partial charge on any atom is -0.493 e. The van der Waals surface area contributed by atoms with Crippen LogP contribution in [0, 0.1) is 11.6 Å². The maximum atomic E-state index is 13.6. The van der Waals surface area contributed by atoms with E-state index in [-0.39, 0.29) is 16.9 Å². The molecule has 6 heteroatoms. The predicted molar refractivity (Wildman–Crippen MR) is 54.7 cm³/mol. The Balaban J connectivity index is 2.61.